The molecule has 0 radical (unpaired) electrons. The Kier molecular flexibility index (Phi) is 7.99. The molecule has 122 valence electrons. The van der Waals surface area contributed by atoms with Crippen LogP contribution >= 0.6 is 0 Å². The van der Waals surface area contributed by atoms with Gasteiger partial charge in [-0.1, -0.05) is 25.1 Å². The average molecular weight is 309 g/mol. The van der Waals surface area contributed by atoms with E-state index in [9.17, 15) is 9.59 Å². The van der Waals surface area contributed by atoms with Crippen molar-refractivity contribution in [2.24, 2.45) is 5.92 Å². The second-order valence-electron chi connectivity index (χ2n) is 5.12. The van der Waals surface area contributed by atoms with Crippen molar-refractivity contribution < 1.29 is 24.2 Å². The molecule has 1 rings (SSSR count). The van der Waals surface area contributed by atoms with Crippen LogP contribution in [0.3, 0.4) is 0 Å². The first kappa shape index (κ1) is 18.0. The quantitative estimate of drug-likeness (QED) is 0.640. The number of para-hydroxylation sites is 1. The number of benzene rings is 1. The van der Waals surface area contributed by atoms with Gasteiger partial charge in [-0.25, -0.2) is 4.79 Å². The Morgan fingerprint density at radius 2 is 2.05 bits per heavy atom. The summed E-state index contributed by atoms with van der Waals surface area (Å²) in [4.78, 5) is 22.0. The summed E-state index contributed by atoms with van der Waals surface area (Å²) in [6.45, 7) is 2.17. The van der Waals surface area contributed by atoms with E-state index in [4.69, 9.17) is 14.6 Å². The normalized spacial score (nSPS) is 11.7. The van der Waals surface area contributed by atoms with Gasteiger partial charge in [0.25, 0.3) is 0 Å². The molecule has 0 saturated heterocycles. The van der Waals surface area contributed by atoms with E-state index in [0.29, 0.717) is 13.0 Å². The molecule has 0 heterocycles. The molecule has 1 atom stereocenters. The van der Waals surface area contributed by atoms with Gasteiger partial charge < -0.3 is 19.9 Å². The van der Waals surface area contributed by atoms with E-state index in [-0.39, 0.29) is 25.0 Å². The Labute approximate surface area is 130 Å². The molecule has 0 aliphatic carbocycles. The highest BCUT2D eigenvalue weighted by molar-refractivity contribution is 5.76. The largest absolute Gasteiger partial charge is 0.496 e. The summed E-state index contributed by atoms with van der Waals surface area (Å²) in [5.74, 6) is -0.0776. The summed E-state index contributed by atoms with van der Waals surface area (Å²) in [6, 6.07) is 7.76. The predicted molar refractivity (Wildman–Crippen MR) is 81.9 cm³/mol. The zero-order valence-corrected chi connectivity index (χ0v) is 13.0. The number of carboxylic acid groups (broad SMARTS) is 1. The summed E-state index contributed by atoms with van der Waals surface area (Å²) in [5, 5.41) is 11.1. The molecule has 1 unspecified atom stereocenters. The van der Waals surface area contributed by atoms with E-state index in [0.717, 1.165) is 17.7 Å². The Morgan fingerprint density at radius 3 is 2.73 bits per heavy atom. The first-order valence-corrected chi connectivity index (χ1v) is 7.21. The summed E-state index contributed by atoms with van der Waals surface area (Å²) in [7, 11) is 1.63. The van der Waals surface area contributed by atoms with Crippen LogP contribution in [0.5, 0.6) is 5.75 Å². The third-order valence-electron chi connectivity index (χ3n) is 3.09. The molecule has 1 amide bonds. The Morgan fingerprint density at radius 1 is 1.32 bits per heavy atom. The Bertz CT molecular complexity index is 489. The van der Waals surface area contributed by atoms with Gasteiger partial charge in [-0.2, -0.15) is 0 Å². The third-order valence-corrected chi connectivity index (χ3v) is 3.09. The molecule has 0 bridgehead atoms. The number of carboxylic acids is 1. The standard InChI is InChI=1S/C16H23NO5/c1-12(9-13-5-3-4-6-14(13)21-2)10-15(18)17-7-8-22-11-16(19)20/h3-6,12H,7-11H2,1-2H3,(H,17,18)(H,19,20). The van der Waals surface area contributed by atoms with Crippen molar-refractivity contribution in [1.29, 1.82) is 0 Å². The number of carbonyl (C=O) groups is 2. The number of ether oxygens (including phenoxy) is 2. The zero-order valence-electron chi connectivity index (χ0n) is 13.0. The second kappa shape index (κ2) is 9.78. The van der Waals surface area contributed by atoms with E-state index < -0.39 is 5.97 Å². The van der Waals surface area contributed by atoms with Crippen molar-refractivity contribution in [1.82, 2.24) is 5.32 Å². The highest BCUT2D eigenvalue weighted by atomic mass is 16.5. The number of rotatable bonds is 10. The second-order valence-corrected chi connectivity index (χ2v) is 5.12. The predicted octanol–water partition coefficient (Wildman–Crippen LogP) is 1.48. The fourth-order valence-electron chi connectivity index (χ4n) is 2.13. The lowest BCUT2D eigenvalue weighted by Crippen LogP contribution is -2.29. The lowest BCUT2D eigenvalue weighted by atomic mass is 9.97. The van der Waals surface area contributed by atoms with Gasteiger partial charge in [-0.05, 0) is 24.0 Å². The van der Waals surface area contributed by atoms with Crippen LogP contribution in [0.4, 0.5) is 0 Å². The lowest BCUT2D eigenvalue weighted by molar-refractivity contribution is -0.142. The molecule has 0 fully saturated rings. The van der Waals surface area contributed by atoms with E-state index >= 15 is 0 Å². The first-order chi connectivity index (χ1) is 10.5. The van der Waals surface area contributed by atoms with E-state index in [1.54, 1.807) is 7.11 Å². The van der Waals surface area contributed by atoms with Crippen LogP contribution in [-0.2, 0) is 20.7 Å². The highest BCUT2D eigenvalue weighted by Crippen LogP contribution is 2.21. The lowest BCUT2D eigenvalue weighted by Gasteiger charge is -2.14. The molecule has 2 N–H and O–H groups in total. The van der Waals surface area contributed by atoms with Crippen molar-refractivity contribution in [3.05, 3.63) is 29.8 Å². The SMILES string of the molecule is COc1ccccc1CC(C)CC(=O)NCCOCC(=O)O. The number of carbonyl (C=O) groups excluding carboxylic acids is 1. The van der Waals surface area contributed by atoms with Crippen LogP contribution in [0.1, 0.15) is 18.9 Å². The minimum Gasteiger partial charge on any atom is -0.496 e. The minimum absolute atomic E-state index is 0.0682. The number of nitrogens with one attached hydrogen (secondary N) is 1. The van der Waals surface area contributed by atoms with Gasteiger partial charge in [0, 0.05) is 13.0 Å². The number of hydrogen-bond donors (Lipinski definition) is 2. The summed E-state index contributed by atoms with van der Waals surface area (Å²) in [6.07, 6.45) is 1.16. The molecule has 0 aliphatic rings. The van der Waals surface area contributed by atoms with E-state index in [1.807, 2.05) is 31.2 Å². The van der Waals surface area contributed by atoms with Crippen LogP contribution in [0, 0.1) is 5.92 Å². The van der Waals surface area contributed by atoms with Gasteiger partial charge in [-0.15, -0.1) is 0 Å². The fourth-order valence-corrected chi connectivity index (χ4v) is 2.13. The summed E-state index contributed by atoms with van der Waals surface area (Å²) in [5.41, 5.74) is 1.08. The van der Waals surface area contributed by atoms with Crippen molar-refractivity contribution >= 4 is 11.9 Å². The topological polar surface area (TPSA) is 84.9 Å². The van der Waals surface area contributed by atoms with Crippen molar-refractivity contribution in [2.45, 2.75) is 19.8 Å². The van der Waals surface area contributed by atoms with Crippen LogP contribution < -0.4 is 10.1 Å². The average Bonchev–Trinajstić information content (AvgIpc) is 2.47. The van der Waals surface area contributed by atoms with Gasteiger partial charge in [0.15, 0.2) is 0 Å². The van der Waals surface area contributed by atoms with Crippen LogP contribution in [-0.4, -0.2) is 43.9 Å². The van der Waals surface area contributed by atoms with Crippen molar-refractivity contribution in [3.63, 3.8) is 0 Å². The molecule has 1 aromatic carbocycles. The number of aliphatic carboxylic acids is 1. The minimum atomic E-state index is -1.02. The maximum Gasteiger partial charge on any atom is 0.329 e. The molecule has 0 aromatic heterocycles. The highest BCUT2D eigenvalue weighted by Gasteiger charge is 2.12. The van der Waals surface area contributed by atoms with E-state index in [1.165, 1.54) is 0 Å². The Hall–Kier alpha value is -2.08. The summed E-state index contributed by atoms with van der Waals surface area (Å²) < 4.78 is 10.1. The van der Waals surface area contributed by atoms with Gasteiger partial charge >= 0.3 is 5.97 Å². The molecule has 0 saturated carbocycles. The molecule has 0 aliphatic heterocycles. The first-order valence-electron chi connectivity index (χ1n) is 7.21. The van der Waals surface area contributed by atoms with Gasteiger partial charge in [0.2, 0.25) is 5.91 Å². The smallest absolute Gasteiger partial charge is 0.329 e. The van der Waals surface area contributed by atoms with Crippen molar-refractivity contribution in [2.75, 3.05) is 26.9 Å². The third kappa shape index (κ3) is 7.08. The number of methoxy groups -OCH3 is 1. The Balaban J connectivity index is 2.27. The number of amides is 1. The maximum atomic E-state index is 11.8. The monoisotopic (exact) mass is 309 g/mol. The van der Waals surface area contributed by atoms with Crippen LogP contribution in [0.15, 0.2) is 24.3 Å². The molecule has 1 aromatic rings. The maximum absolute atomic E-state index is 11.8. The van der Waals surface area contributed by atoms with Crippen molar-refractivity contribution in [3.8, 4) is 5.75 Å². The molecular formula is C16H23NO5. The fraction of sp³-hybridized carbons (Fsp3) is 0.500. The van der Waals surface area contributed by atoms with E-state index in [2.05, 4.69) is 5.32 Å². The van der Waals surface area contributed by atoms with Crippen LogP contribution in [0.2, 0.25) is 0 Å². The molecule has 22 heavy (non-hydrogen) atoms. The molecule has 6 heteroatoms. The number of hydrogen-bond acceptors (Lipinski definition) is 4. The molecular weight excluding hydrogens is 286 g/mol. The molecule has 6 nitrogen and oxygen atoms in total. The summed E-state index contributed by atoms with van der Waals surface area (Å²) >= 11 is 0. The van der Waals surface area contributed by atoms with Gasteiger partial charge in [0.1, 0.15) is 12.4 Å². The van der Waals surface area contributed by atoms with Gasteiger partial charge in [-0.3, -0.25) is 4.79 Å². The molecule has 0 spiro atoms. The van der Waals surface area contributed by atoms with Crippen LogP contribution in [0.25, 0.3) is 0 Å². The zero-order chi connectivity index (χ0) is 16.4. The van der Waals surface area contributed by atoms with Gasteiger partial charge in [0.05, 0.1) is 13.7 Å².